The summed E-state index contributed by atoms with van der Waals surface area (Å²) in [4.78, 5) is 26.8. The third-order valence-electron chi connectivity index (χ3n) is 5.04. The van der Waals surface area contributed by atoms with E-state index < -0.39 is 0 Å². The molecule has 2 aliphatic heterocycles. The lowest BCUT2D eigenvalue weighted by Crippen LogP contribution is -2.39. The summed E-state index contributed by atoms with van der Waals surface area (Å²) in [6, 6.07) is 7.20. The molecule has 0 aliphatic carbocycles. The fourth-order valence-corrected chi connectivity index (χ4v) is 3.46. The number of furan rings is 1. The Morgan fingerprint density at radius 3 is 2.86 bits per heavy atom. The first kappa shape index (κ1) is 19.3. The molecule has 4 rings (SSSR count). The molecular formula is C21H24N2O6. The highest BCUT2D eigenvalue weighted by atomic mass is 16.7. The highest BCUT2D eigenvalue weighted by Crippen LogP contribution is 2.32. The molecule has 1 fully saturated rings. The number of nitrogens with zero attached hydrogens (tertiary/aromatic N) is 1. The molecule has 0 radical (unpaired) electrons. The van der Waals surface area contributed by atoms with Crippen molar-refractivity contribution < 1.29 is 28.2 Å². The van der Waals surface area contributed by atoms with Crippen molar-refractivity contribution in [2.45, 2.75) is 31.9 Å². The first-order valence-corrected chi connectivity index (χ1v) is 9.77. The zero-order valence-electron chi connectivity index (χ0n) is 16.1. The third-order valence-corrected chi connectivity index (χ3v) is 5.04. The number of nitrogens with one attached hydrogen (secondary N) is 1. The van der Waals surface area contributed by atoms with Crippen molar-refractivity contribution in [1.82, 2.24) is 10.2 Å². The average Bonchev–Trinajstić information content (AvgIpc) is 3.50. The number of fused-ring (bicyclic) bond motifs is 1. The molecule has 1 unspecified atom stereocenters. The van der Waals surface area contributed by atoms with Crippen molar-refractivity contribution in [3.05, 3.63) is 47.9 Å². The number of benzene rings is 1. The minimum atomic E-state index is -0.155. The molecule has 0 bridgehead atoms. The molecule has 0 spiro atoms. The van der Waals surface area contributed by atoms with E-state index in [4.69, 9.17) is 18.6 Å². The van der Waals surface area contributed by atoms with Gasteiger partial charge in [-0.1, -0.05) is 6.07 Å². The number of rotatable bonds is 8. The smallest absolute Gasteiger partial charge is 0.257 e. The van der Waals surface area contributed by atoms with E-state index in [1.54, 1.807) is 11.0 Å². The molecule has 8 heteroatoms. The number of carbonyl (C=O) groups is 2. The first-order valence-electron chi connectivity index (χ1n) is 9.77. The van der Waals surface area contributed by atoms with E-state index in [0.29, 0.717) is 43.3 Å². The highest BCUT2D eigenvalue weighted by Gasteiger charge is 2.24. The van der Waals surface area contributed by atoms with E-state index in [1.165, 1.54) is 12.5 Å². The van der Waals surface area contributed by atoms with Crippen LogP contribution in [0.1, 0.15) is 35.2 Å². The molecule has 1 N–H and O–H groups in total. The second-order valence-corrected chi connectivity index (χ2v) is 7.11. The van der Waals surface area contributed by atoms with E-state index in [1.807, 2.05) is 18.2 Å². The summed E-state index contributed by atoms with van der Waals surface area (Å²) in [5.41, 5.74) is 1.40. The van der Waals surface area contributed by atoms with Crippen LogP contribution in [0.25, 0.3) is 0 Å². The number of ether oxygens (including phenoxy) is 3. The second kappa shape index (κ2) is 9.00. The molecule has 3 heterocycles. The summed E-state index contributed by atoms with van der Waals surface area (Å²) in [6.45, 7) is 2.11. The van der Waals surface area contributed by atoms with Crippen molar-refractivity contribution in [3.8, 4) is 11.5 Å². The highest BCUT2D eigenvalue weighted by molar-refractivity contribution is 5.94. The Kier molecular flexibility index (Phi) is 6.00. The summed E-state index contributed by atoms with van der Waals surface area (Å²) in [5.74, 6) is 1.12. The van der Waals surface area contributed by atoms with Crippen molar-refractivity contribution in [2.24, 2.45) is 0 Å². The van der Waals surface area contributed by atoms with Crippen LogP contribution in [0.3, 0.4) is 0 Å². The van der Waals surface area contributed by atoms with Crippen molar-refractivity contribution in [1.29, 1.82) is 0 Å². The predicted molar refractivity (Wildman–Crippen MR) is 103 cm³/mol. The first-order chi connectivity index (χ1) is 14.2. The van der Waals surface area contributed by atoms with Gasteiger partial charge in [-0.25, -0.2) is 0 Å². The largest absolute Gasteiger partial charge is 0.472 e. The molecule has 154 valence electrons. The van der Waals surface area contributed by atoms with Crippen LogP contribution < -0.4 is 14.8 Å². The van der Waals surface area contributed by atoms with Gasteiger partial charge in [0.05, 0.1) is 17.9 Å². The van der Waals surface area contributed by atoms with Gasteiger partial charge in [0.2, 0.25) is 12.7 Å². The lowest BCUT2D eigenvalue weighted by atomic mass is 10.2. The van der Waals surface area contributed by atoms with Crippen LogP contribution in [-0.4, -0.2) is 49.3 Å². The lowest BCUT2D eigenvalue weighted by Gasteiger charge is -2.25. The van der Waals surface area contributed by atoms with E-state index in [9.17, 15) is 9.59 Å². The minimum Gasteiger partial charge on any atom is -0.472 e. The molecule has 2 aliphatic rings. The van der Waals surface area contributed by atoms with Crippen LogP contribution >= 0.6 is 0 Å². The summed E-state index contributed by atoms with van der Waals surface area (Å²) < 4.78 is 21.3. The summed E-state index contributed by atoms with van der Waals surface area (Å²) in [5, 5.41) is 2.89. The molecule has 1 atom stereocenters. The number of hydrogen-bond donors (Lipinski definition) is 1. The van der Waals surface area contributed by atoms with Crippen LogP contribution in [0.4, 0.5) is 0 Å². The Morgan fingerprint density at radius 1 is 1.17 bits per heavy atom. The van der Waals surface area contributed by atoms with E-state index in [-0.39, 0.29) is 31.1 Å². The molecule has 0 saturated carbocycles. The van der Waals surface area contributed by atoms with Crippen LogP contribution in [0.5, 0.6) is 11.5 Å². The maximum atomic E-state index is 12.7. The number of hydrogen-bond acceptors (Lipinski definition) is 6. The van der Waals surface area contributed by atoms with Gasteiger partial charge in [-0.15, -0.1) is 0 Å². The Balaban J connectivity index is 1.30. The molecular weight excluding hydrogens is 376 g/mol. The maximum Gasteiger partial charge on any atom is 0.257 e. The van der Waals surface area contributed by atoms with Crippen LogP contribution in [-0.2, 0) is 16.1 Å². The standard InChI is InChI=1S/C21H24N2O6/c24-20(22-11-15-3-4-18-19(10-15)29-14-28-18)5-7-23(12-17-2-1-8-27-17)21(25)16-6-9-26-13-16/h3-4,6,9-10,13,17H,1-2,5,7-8,11-12,14H2,(H,22,24). The number of amides is 2. The quantitative estimate of drug-likeness (QED) is 0.732. The zero-order chi connectivity index (χ0) is 20.1. The van der Waals surface area contributed by atoms with Gasteiger partial charge in [-0.05, 0) is 36.6 Å². The Morgan fingerprint density at radius 2 is 2.07 bits per heavy atom. The average molecular weight is 400 g/mol. The van der Waals surface area contributed by atoms with Crippen LogP contribution in [0, 0.1) is 0 Å². The fraction of sp³-hybridized carbons (Fsp3) is 0.429. The predicted octanol–water partition coefficient (Wildman–Crippen LogP) is 2.34. The SMILES string of the molecule is O=C(CCN(CC1CCCO1)C(=O)c1ccoc1)NCc1ccc2c(c1)OCO2. The summed E-state index contributed by atoms with van der Waals surface area (Å²) in [6.07, 6.45) is 5.03. The van der Waals surface area contributed by atoms with E-state index in [2.05, 4.69) is 5.32 Å². The molecule has 8 nitrogen and oxygen atoms in total. The van der Waals surface area contributed by atoms with Gasteiger partial charge in [0.15, 0.2) is 11.5 Å². The molecule has 1 saturated heterocycles. The summed E-state index contributed by atoms with van der Waals surface area (Å²) >= 11 is 0. The van der Waals surface area contributed by atoms with Gasteiger partial charge in [-0.3, -0.25) is 9.59 Å². The Bertz CT molecular complexity index is 845. The van der Waals surface area contributed by atoms with Crippen molar-refractivity contribution in [3.63, 3.8) is 0 Å². The van der Waals surface area contributed by atoms with Gasteiger partial charge in [0, 0.05) is 32.7 Å². The summed E-state index contributed by atoms with van der Waals surface area (Å²) in [7, 11) is 0. The van der Waals surface area contributed by atoms with Gasteiger partial charge in [-0.2, -0.15) is 0 Å². The van der Waals surface area contributed by atoms with Crippen molar-refractivity contribution >= 4 is 11.8 Å². The third kappa shape index (κ3) is 4.89. The Hall–Kier alpha value is -3.00. The number of carbonyl (C=O) groups excluding carboxylic acids is 2. The lowest BCUT2D eigenvalue weighted by molar-refractivity contribution is -0.121. The van der Waals surface area contributed by atoms with Crippen LogP contribution in [0.2, 0.25) is 0 Å². The van der Waals surface area contributed by atoms with Crippen molar-refractivity contribution in [2.75, 3.05) is 26.5 Å². The second-order valence-electron chi connectivity index (χ2n) is 7.11. The fourth-order valence-electron chi connectivity index (χ4n) is 3.46. The van der Waals surface area contributed by atoms with Gasteiger partial charge < -0.3 is 28.8 Å². The molecule has 2 aromatic rings. The normalized spacial score (nSPS) is 17.3. The van der Waals surface area contributed by atoms with Gasteiger partial charge in [0.1, 0.15) is 6.26 Å². The maximum absolute atomic E-state index is 12.7. The zero-order valence-corrected chi connectivity index (χ0v) is 16.1. The van der Waals surface area contributed by atoms with Gasteiger partial charge in [0.25, 0.3) is 5.91 Å². The van der Waals surface area contributed by atoms with Gasteiger partial charge >= 0.3 is 0 Å². The monoisotopic (exact) mass is 400 g/mol. The molecule has 1 aromatic heterocycles. The molecule has 29 heavy (non-hydrogen) atoms. The Labute approximate surface area is 168 Å². The molecule has 1 aromatic carbocycles. The van der Waals surface area contributed by atoms with Crippen LogP contribution in [0.15, 0.2) is 41.2 Å². The topological polar surface area (TPSA) is 90.2 Å². The molecule has 2 amide bonds. The van der Waals surface area contributed by atoms with E-state index >= 15 is 0 Å². The minimum absolute atomic E-state index is 0.0162. The van der Waals surface area contributed by atoms with E-state index in [0.717, 1.165) is 18.4 Å².